The van der Waals surface area contributed by atoms with Crippen molar-refractivity contribution in [1.82, 2.24) is 9.29 Å². The molecule has 24 heavy (non-hydrogen) atoms. The highest BCUT2D eigenvalue weighted by molar-refractivity contribution is 7.89. The van der Waals surface area contributed by atoms with Crippen molar-refractivity contribution in [2.75, 3.05) is 13.1 Å². The van der Waals surface area contributed by atoms with E-state index in [9.17, 15) is 17.2 Å². The summed E-state index contributed by atoms with van der Waals surface area (Å²) in [6.45, 7) is 0.241. The van der Waals surface area contributed by atoms with Gasteiger partial charge >= 0.3 is 0 Å². The van der Waals surface area contributed by atoms with Gasteiger partial charge in [0.25, 0.3) is 0 Å². The van der Waals surface area contributed by atoms with Crippen molar-refractivity contribution in [3.63, 3.8) is 0 Å². The lowest BCUT2D eigenvalue weighted by molar-refractivity contribution is 0.129. The molecule has 2 aromatic rings. The number of benzene rings is 1. The van der Waals surface area contributed by atoms with Gasteiger partial charge in [0.15, 0.2) is 4.90 Å². The van der Waals surface area contributed by atoms with E-state index in [0.29, 0.717) is 18.6 Å². The Hall–Kier alpha value is -2.06. The predicted octanol–water partition coefficient (Wildman–Crippen LogP) is 2.59. The Morgan fingerprint density at radius 2 is 1.79 bits per heavy atom. The number of piperidine rings is 1. The molecule has 1 aromatic heterocycles. The average molecular weight is 354 g/mol. The molecule has 1 aliphatic heterocycles. The van der Waals surface area contributed by atoms with E-state index in [0.717, 1.165) is 22.5 Å². The van der Waals surface area contributed by atoms with Crippen LogP contribution in [0.4, 0.5) is 8.78 Å². The molecule has 1 aromatic carbocycles. The molecule has 1 atom stereocenters. The molecule has 1 unspecified atom stereocenters. The maximum Gasteiger partial charge on any atom is 0.249 e. The van der Waals surface area contributed by atoms with Crippen molar-refractivity contribution in [2.24, 2.45) is 0 Å². The maximum absolute atomic E-state index is 13.9. The van der Waals surface area contributed by atoms with Gasteiger partial charge in [-0.3, -0.25) is 4.98 Å². The van der Waals surface area contributed by atoms with E-state index in [2.05, 4.69) is 4.98 Å². The van der Waals surface area contributed by atoms with Gasteiger partial charge in [-0.05, 0) is 37.1 Å². The summed E-state index contributed by atoms with van der Waals surface area (Å²) in [5.41, 5.74) is 0. The lowest BCUT2D eigenvalue weighted by atomic mass is 10.1. The molecular formula is C16H16F2N2O3S. The van der Waals surface area contributed by atoms with Crippen LogP contribution in [0.5, 0.6) is 5.75 Å². The van der Waals surface area contributed by atoms with Crippen LogP contribution < -0.4 is 4.74 Å². The van der Waals surface area contributed by atoms with Crippen molar-refractivity contribution in [1.29, 1.82) is 0 Å². The highest BCUT2D eigenvalue weighted by Crippen LogP contribution is 2.26. The summed E-state index contributed by atoms with van der Waals surface area (Å²) < 4.78 is 59.8. The lowest BCUT2D eigenvalue weighted by Crippen LogP contribution is -2.44. The summed E-state index contributed by atoms with van der Waals surface area (Å²) in [7, 11) is -4.26. The van der Waals surface area contributed by atoms with Crippen molar-refractivity contribution >= 4 is 10.0 Å². The second-order valence-electron chi connectivity index (χ2n) is 5.48. The van der Waals surface area contributed by atoms with Gasteiger partial charge in [-0.2, -0.15) is 4.31 Å². The monoisotopic (exact) mass is 354 g/mol. The Labute approximate surface area is 138 Å². The Morgan fingerprint density at radius 3 is 2.46 bits per heavy atom. The maximum atomic E-state index is 13.9. The zero-order chi connectivity index (χ0) is 17.2. The second kappa shape index (κ2) is 6.82. The summed E-state index contributed by atoms with van der Waals surface area (Å²) >= 11 is 0. The van der Waals surface area contributed by atoms with Crippen LogP contribution >= 0.6 is 0 Å². The largest absolute Gasteiger partial charge is 0.489 e. The molecule has 0 N–H and O–H groups in total. The SMILES string of the molecule is O=S(=O)(c1c(F)cccc1F)N1CCCC(Oc2ccncc2)C1. The van der Waals surface area contributed by atoms with E-state index in [1.54, 1.807) is 24.5 Å². The fourth-order valence-corrected chi connectivity index (χ4v) is 4.31. The number of rotatable bonds is 4. The minimum absolute atomic E-state index is 0.0401. The molecule has 0 amide bonds. The number of nitrogens with zero attached hydrogens (tertiary/aromatic N) is 2. The van der Waals surface area contributed by atoms with Crippen LogP contribution in [-0.4, -0.2) is 36.9 Å². The first-order chi connectivity index (χ1) is 11.5. The molecule has 5 nitrogen and oxygen atoms in total. The summed E-state index contributed by atoms with van der Waals surface area (Å²) in [5, 5.41) is 0. The van der Waals surface area contributed by atoms with E-state index in [4.69, 9.17) is 4.74 Å². The van der Waals surface area contributed by atoms with Crippen LogP contribution in [0.3, 0.4) is 0 Å². The first kappa shape index (κ1) is 16.8. The second-order valence-corrected chi connectivity index (χ2v) is 7.35. The van der Waals surface area contributed by atoms with Gasteiger partial charge in [0.1, 0.15) is 23.5 Å². The number of aromatic nitrogens is 1. The van der Waals surface area contributed by atoms with Gasteiger partial charge in [-0.25, -0.2) is 17.2 Å². The Bertz CT molecular complexity index is 795. The Kier molecular flexibility index (Phi) is 4.77. The minimum Gasteiger partial charge on any atom is -0.489 e. The van der Waals surface area contributed by atoms with Crippen LogP contribution in [-0.2, 0) is 10.0 Å². The fourth-order valence-electron chi connectivity index (χ4n) is 2.69. The first-order valence-electron chi connectivity index (χ1n) is 7.49. The highest BCUT2D eigenvalue weighted by Gasteiger charge is 2.34. The molecule has 0 bridgehead atoms. The van der Waals surface area contributed by atoms with E-state index in [1.807, 2.05) is 0 Å². The smallest absolute Gasteiger partial charge is 0.249 e. The summed E-state index contributed by atoms with van der Waals surface area (Å²) in [5.74, 6) is -1.61. The minimum atomic E-state index is -4.26. The molecule has 0 saturated carbocycles. The number of pyridine rings is 1. The van der Waals surface area contributed by atoms with Gasteiger partial charge < -0.3 is 4.74 Å². The zero-order valence-electron chi connectivity index (χ0n) is 12.7. The van der Waals surface area contributed by atoms with Gasteiger partial charge in [0, 0.05) is 18.9 Å². The normalized spacial score (nSPS) is 19.2. The van der Waals surface area contributed by atoms with Gasteiger partial charge in [-0.15, -0.1) is 0 Å². The van der Waals surface area contributed by atoms with Gasteiger partial charge in [0.2, 0.25) is 10.0 Å². The Morgan fingerprint density at radius 1 is 1.12 bits per heavy atom. The molecule has 128 valence electrons. The van der Waals surface area contributed by atoms with E-state index >= 15 is 0 Å². The summed E-state index contributed by atoms with van der Waals surface area (Å²) in [6, 6.07) is 6.35. The van der Waals surface area contributed by atoms with E-state index < -0.39 is 26.6 Å². The van der Waals surface area contributed by atoms with Crippen LogP contribution in [0.1, 0.15) is 12.8 Å². The number of halogens is 2. The number of ether oxygens (including phenoxy) is 1. The predicted molar refractivity (Wildman–Crippen MR) is 83.0 cm³/mol. The molecule has 0 radical (unpaired) electrons. The van der Waals surface area contributed by atoms with Crippen LogP contribution in [0, 0.1) is 11.6 Å². The average Bonchev–Trinajstić information content (AvgIpc) is 2.56. The molecule has 1 saturated heterocycles. The van der Waals surface area contributed by atoms with E-state index in [-0.39, 0.29) is 19.2 Å². The molecule has 8 heteroatoms. The van der Waals surface area contributed by atoms with E-state index in [1.165, 1.54) is 0 Å². The molecule has 1 fully saturated rings. The van der Waals surface area contributed by atoms with Crippen LogP contribution in [0.25, 0.3) is 0 Å². The van der Waals surface area contributed by atoms with Gasteiger partial charge in [-0.1, -0.05) is 6.07 Å². The highest BCUT2D eigenvalue weighted by atomic mass is 32.2. The summed E-state index contributed by atoms with van der Waals surface area (Å²) in [6.07, 6.45) is 3.97. The zero-order valence-corrected chi connectivity index (χ0v) is 13.5. The third kappa shape index (κ3) is 3.39. The number of sulfonamides is 1. The quantitative estimate of drug-likeness (QED) is 0.847. The van der Waals surface area contributed by atoms with Crippen molar-refractivity contribution in [2.45, 2.75) is 23.8 Å². The standard InChI is InChI=1S/C16H16F2N2O3S/c17-14-4-1-5-15(18)16(14)24(21,22)20-10-2-3-13(11-20)23-12-6-8-19-9-7-12/h1,4-9,13H,2-3,10-11H2. The molecular weight excluding hydrogens is 338 g/mol. The number of hydrogen-bond acceptors (Lipinski definition) is 4. The first-order valence-corrected chi connectivity index (χ1v) is 8.93. The molecule has 0 aliphatic carbocycles. The molecule has 3 rings (SSSR count). The van der Waals surface area contributed by atoms with Crippen molar-refractivity contribution < 1.29 is 21.9 Å². The molecule has 2 heterocycles. The topological polar surface area (TPSA) is 59.5 Å². The van der Waals surface area contributed by atoms with Crippen LogP contribution in [0.15, 0.2) is 47.6 Å². The molecule has 0 spiro atoms. The third-order valence-electron chi connectivity index (χ3n) is 3.81. The third-order valence-corrected chi connectivity index (χ3v) is 5.73. The lowest BCUT2D eigenvalue weighted by Gasteiger charge is -2.32. The van der Waals surface area contributed by atoms with Crippen molar-refractivity contribution in [3.8, 4) is 5.75 Å². The van der Waals surface area contributed by atoms with Gasteiger partial charge in [0.05, 0.1) is 6.54 Å². The number of hydrogen-bond donors (Lipinski definition) is 0. The Balaban J connectivity index is 1.81. The van der Waals surface area contributed by atoms with Crippen molar-refractivity contribution in [3.05, 3.63) is 54.4 Å². The van der Waals surface area contributed by atoms with Crippen LogP contribution in [0.2, 0.25) is 0 Å². The fraction of sp³-hybridized carbons (Fsp3) is 0.312. The molecule has 1 aliphatic rings. The summed E-state index contributed by atoms with van der Waals surface area (Å²) in [4.78, 5) is 2.97.